The third-order valence-corrected chi connectivity index (χ3v) is 12.2. The van der Waals surface area contributed by atoms with Crippen LogP contribution in [-0.4, -0.2) is 24.9 Å². The summed E-state index contributed by atoms with van der Waals surface area (Å²) in [4.78, 5) is 7.70. The predicted octanol–water partition coefficient (Wildman–Crippen LogP) is 7.09. The molecule has 29 heavy (non-hydrogen) atoms. The maximum Gasteiger partial charge on any atom is 0.200 e. The van der Waals surface area contributed by atoms with Crippen molar-refractivity contribution in [2.75, 3.05) is 6.61 Å². The quantitative estimate of drug-likeness (QED) is 0.299. The van der Waals surface area contributed by atoms with E-state index in [0.717, 1.165) is 30.7 Å². The zero-order chi connectivity index (χ0) is 21.2. The van der Waals surface area contributed by atoms with Gasteiger partial charge in [0.1, 0.15) is 17.2 Å². The molecule has 3 aromatic rings. The van der Waals surface area contributed by atoms with Crippen LogP contribution in [0.5, 0.6) is 0 Å². The molecule has 0 unspecified atom stereocenters. The minimum absolute atomic E-state index is 0.279. The molecule has 0 fully saturated rings. The standard InChI is InChI=1S/C23H33FN2O2Si/c1-15(2)29(16(3)4,17(5)6)28-10-7-8-23-25-14-21(26-23)19-13-22-18(9-11-27-22)12-20(19)24/h9,11-17H,7-8,10H2,1-6H3,(H,25,26). The van der Waals surface area contributed by atoms with E-state index in [1.54, 1.807) is 24.6 Å². The first-order chi connectivity index (χ1) is 13.8. The number of hydrogen-bond acceptors (Lipinski definition) is 3. The van der Waals surface area contributed by atoms with Gasteiger partial charge in [-0.25, -0.2) is 9.37 Å². The highest BCUT2D eigenvalue weighted by Crippen LogP contribution is 2.42. The minimum atomic E-state index is -1.83. The van der Waals surface area contributed by atoms with Gasteiger partial charge in [-0.3, -0.25) is 0 Å². The van der Waals surface area contributed by atoms with E-state index in [2.05, 4.69) is 51.5 Å². The summed E-state index contributed by atoms with van der Waals surface area (Å²) in [5.41, 5.74) is 3.57. The number of imidazole rings is 1. The largest absolute Gasteiger partial charge is 0.464 e. The van der Waals surface area contributed by atoms with Gasteiger partial charge in [0.05, 0.1) is 18.2 Å². The zero-order valence-electron chi connectivity index (χ0n) is 18.4. The van der Waals surface area contributed by atoms with E-state index in [-0.39, 0.29) is 5.82 Å². The Morgan fingerprint density at radius 2 is 1.79 bits per heavy atom. The van der Waals surface area contributed by atoms with E-state index in [4.69, 9.17) is 8.84 Å². The summed E-state index contributed by atoms with van der Waals surface area (Å²) in [5, 5.41) is 0.760. The number of furan rings is 1. The van der Waals surface area contributed by atoms with Crippen LogP contribution in [0, 0.1) is 5.82 Å². The van der Waals surface area contributed by atoms with E-state index in [0.29, 0.717) is 33.5 Å². The Kier molecular flexibility index (Phi) is 6.64. The third-order valence-electron chi connectivity index (χ3n) is 6.08. The van der Waals surface area contributed by atoms with Gasteiger partial charge in [0.15, 0.2) is 8.32 Å². The van der Waals surface area contributed by atoms with Crippen molar-refractivity contribution in [1.29, 1.82) is 0 Å². The van der Waals surface area contributed by atoms with Crippen molar-refractivity contribution in [1.82, 2.24) is 9.97 Å². The number of rotatable bonds is 9. The lowest BCUT2D eigenvalue weighted by molar-refractivity contribution is 0.272. The molecule has 158 valence electrons. The number of benzene rings is 1. The van der Waals surface area contributed by atoms with Gasteiger partial charge in [-0.2, -0.15) is 0 Å². The average Bonchev–Trinajstić information content (AvgIpc) is 3.28. The molecule has 0 aliphatic heterocycles. The lowest BCUT2D eigenvalue weighted by Crippen LogP contribution is -2.48. The van der Waals surface area contributed by atoms with Gasteiger partial charge in [-0.05, 0) is 41.2 Å². The molecule has 0 aliphatic carbocycles. The Morgan fingerprint density at radius 3 is 2.45 bits per heavy atom. The van der Waals surface area contributed by atoms with E-state index in [1.165, 1.54) is 6.07 Å². The molecule has 0 aliphatic rings. The molecule has 1 N–H and O–H groups in total. The first-order valence-electron chi connectivity index (χ1n) is 10.6. The number of aromatic nitrogens is 2. The van der Waals surface area contributed by atoms with Gasteiger partial charge in [0.25, 0.3) is 0 Å². The monoisotopic (exact) mass is 416 g/mol. The number of hydrogen-bond donors (Lipinski definition) is 1. The number of halogens is 1. The van der Waals surface area contributed by atoms with Crippen LogP contribution in [-0.2, 0) is 10.8 Å². The number of nitrogens with zero attached hydrogens (tertiary/aromatic N) is 1. The second-order valence-electron chi connectivity index (χ2n) is 8.80. The molecule has 2 heterocycles. The molecule has 2 aromatic heterocycles. The van der Waals surface area contributed by atoms with Crippen LogP contribution < -0.4 is 0 Å². The fraction of sp³-hybridized carbons (Fsp3) is 0.522. The van der Waals surface area contributed by atoms with E-state index in [9.17, 15) is 4.39 Å². The second-order valence-corrected chi connectivity index (χ2v) is 14.3. The molecule has 0 amide bonds. The smallest absolute Gasteiger partial charge is 0.200 e. The average molecular weight is 417 g/mol. The Balaban J connectivity index is 1.64. The SMILES string of the molecule is CC(C)[Si](OCCCc1ncc(-c2cc3occc3cc2F)[nH]1)(C(C)C)C(C)C. The normalized spacial score (nSPS) is 12.8. The number of fused-ring (bicyclic) bond motifs is 1. The number of H-pyrrole nitrogens is 1. The van der Waals surface area contributed by atoms with E-state index >= 15 is 0 Å². The van der Waals surface area contributed by atoms with Gasteiger partial charge in [-0.1, -0.05) is 41.5 Å². The maximum atomic E-state index is 14.5. The minimum Gasteiger partial charge on any atom is -0.464 e. The van der Waals surface area contributed by atoms with Gasteiger partial charge >= 0.3 is 0 Å². The number of aryl methyl sites for hydroxylation is 1. The van der Waals surface area contributed by atoms with Crippen LogP contribution >= 0.6 is 0 Å². The molecule has 1 aromatic carbocycles. The van der Waals surface area contributed by atoms with Crippen molar-refractivity contribution in [3.63, 3.8) is 0 Å². The molecular weight excluding hydrogens is 383 g/mol. The van der Waals surface area contributed by atoms with Crippen molar-refractivity contribution in [2.45, 2.75) is 71.0 Å². The lowest BCUT2D eigenvalue weighted by atomic mass is 10.1. The zero-order valence-corrected chi connectivity index (χ0v) is 19.4. The van der Waals surface area contributed by atoms with Crippen molar-refractivity contribution in [3.8, 4) is 11.3 Å². The molecule has 3 rings (SSSR count). The number of nitrogens with one attached hydrogen (secondary N) is 1. The molecule has 0 saturated carbocycles. The molecule has 0 saturated heterocycles. The molecule has 0 bridgehead atoms. The van der Waals surface area contributed by atoms with Crippen LogP contribution in [0.4, 0.5) is 4.39 Å². The van der Waals surface area contributed by atoms with Crippen molar-refractivity contribution in [2.24, 2.45) is 0 Å². The fourth-order valence-electron chi connectivity index (χ4n) is 4.80. The summed E-state index contributed by atoms with van der Waals surface area (Å²) in [7, 11) is -1.83. The Bertz CT molecular complexity index is 924. The van der Waals surface area contributed by atoms with Crippen LogP contribution in [0.25, 0.3) is 22.2 Å². The fourth-order valence-corrected chi connectivity index (χ4v) is 10.3. The van der Waals surface area contributed by atoms with Gasteiger partial charge in [0.2, 0.25) is 0 Å². The van der Waals surface area contributed by atoms with Crippen LogP contribution in [0.2, 0.25) is 16.6 Å². The summed E-state index contributed by atoms with van der Waals surface area (Å²) in [6.07, 6.45) is 4.94. The van der Waals surface area contributed by atoms with E-state index in [1.807, 2.05) is 0 Å². The first-order valence-corrected chi connectivity index (χ1v) is 12.7. The van der Waals surface area contributed by atoms with Crippen molar-refractivity contribution >= 4 is 19.3 Å². The maximum absolute atomic E-state index is 14.5. The third kappa shape index (κ3) is 4.33. The summed E-state index contributed by atoms with van der Waals surface area (Å²) >= 11 is 0. The van der Waals surface area contributed by atoms with Crippen molar-refractivity contribution in [3.05, 3.63) is 42.3 Å². The molecular formula is C23H33FN2O2Si. The highest BCUT2D eigenvalue weighted by molar-refractivity contribution is 6.77. The highest BCUT2D eigenvalue weighted by atomic mass is 28.4. The Labute approximate surface area is 174 Å². The summed E-state index contributed by atoms with van der Waals surface area (Å²) in [5.74, 6) is 0.576. The van der Waals surface area contributed by atoms with Crippen LogP contribution in [0.3, 0.4) is 0 Å². The Morgan fingerprint density at radius 1 is 1.10 bits per heavy atom. The number of aromatic amines is 1. The Hall–Kier alpha value is -1.92. The van der Waals surface area contributed by atoms with Gasteiger partial charge < -0.3 is 13.8 Å². The lowest BCUT2D eigenvalue weighted by Gasteiger charge is -2.42. The molecule has 0 spiro atoms. The predicted molar refractivity (Wildman–Crippen MR) is 119 cm³/mol. The highest BCUT2D eigenvalue weighted by Gasteiger charge is 2.44. The van der Waals surface area contributed by atoms with Gasteiger partial charge in [-0.15, -0.1) is 0 Å². The summed E-state index contributed by atoms with van der Waals surface area (Å²) < 4.78 is 26.5. The van der Waals surface area contributed by atoms with Crippen LogP contribution in [0.15, 0.2) is 35.1 Å². The van der Waals surface area contributed by atoms with Crippen molar-refractivity contribution < 1.29 is 13.2 Å². The summed E-state index contributed by atoms with van der Waals surface area (Å²) in [6, 6.07) is 4.98. The topological polar surface area (TPSA) is 51.1 Å². The molecule has 0 atom stereocenters. The molecule has 6 heteroatoms. The second kappa shape index (κ2) is 8.84. The van der Waals surface area contributed by atoms with Crippen LogP contribution in [0.1, 0.15) is 53.8 Å². The summed E-state index contributed by atoms with van der Waals surface area (Å²) in [6.45, 7) is 14.5. The van der Waals surface area contributed by atoms with E-state index < -0.39 is 8.32 Å². The van der Waals surface area contributed by atoms with Gasteiger partial charge in [0, 0.05) is 24.0 Å². The molecule has 4 nitrogen and oxygen atoms in total. The molecule has 0 radical (unpaired) electrons. The first kappa shape index (κ1) is 21.8.